The Balaban J connectivity index is 1.97. The Kier molecular flexibility index (Phi) is 3.15. The first-order valence-corrected chi connectivity index (χ1v) is 6.21. The molecular weight excluding hydrogens is 270 g/mol. The second-order valence-electron chi connectivity index (χ2n) is 4.42. The molecule has 104 valence electrons. The maximum atomic E-state index is 12.0. The number of anilines is 1. The average molecular weight is 281 g/mol. The Morgan fingerprint density at radius 1 is 1.24 bits per heavy atom. The third-order valence-corrected chi connectivity index (χ3v) is 2.96. The number of hydrogen-bond acceptors (Lipinski definition) is 5. The molecule has 0 unspecified atom stereocenters. The second kappa shape index (κ2) is 5.12. The van der Waals surface area contributed by atoms with Gasteiger partial charge in [0.15, 0.2) is 0 Å². The van der Waals surface area contributed by atoms with Crippen molar-refractivity contribution in [2.45, 2.75) is 0 Å². The summed E-state index contributed by atoms with van der Waals surface area (Å²) >= 11 is 0. The Bertz CT molecular complexity index is 873. The number of nitrogens with zero attached hydrogens (tertiary/aromatic N) is 4. The molecule has 7 nitrogen and oxygen atoms in total. The van der Waals surface area contributed by atoms with E-state index < -0.39 is 0 Å². The maximum Gasteiger partial charge on any atom is 0.277 e. The van der Waals surface area contributed by atoms with Gasteiger partial charge < -0.3 is 5.32 Å². The van der Waals surface area contributed by atoms with Crippen LogP contribution in [0.2, 0.25) is 0 Å². The van der Waals surface area contributed by atoms with Crippen molar-refractivity contribution in [3.05, 3.63) is 58.6 Å². The lowest BCUT2D eigenvalue weighted by Crippen LogP contribution is -2.21. The number of benzene rings is 1. The largest absolute Gasteiger partial charge is 0.321 e. The standard InChI is InChI=1S/C14H11N5O2/c1-19-14(21)10-8-9(5-6-11(10)17-18-19)16-13(20)12-4-2-3-7-15-12/h2-8H,1H3,(H,16,20). The van der Waals surface area contributed by atoms with Crippen LogP contribution in [-0.2, 0) is 7.05 Å². The van der Waals surface area contributed by atoms with Crippen LogP contribution in [0.3, 0.4) is 0 Å². The van der Waals surface area contributed by atoms with E-state index in [1.165, 1.54) is 7.05 Å². The fourth-order valence-corrected chi connectivity index (χ4v) is 1.89. The van der Waals surface area contributed by atoms with E-state index in [1.54, 1.807) is 42.6 Å². The molecule has 0 spiro atoms. The third-order valence-electron chi connectivity index (χ3n) is 2.96. The van der Waals surface area contributed by atoms with E-state index in [0.717, 1.165) is 4.68 Å². The molecule has 7 heteroatoms. The molecule has 0 aliphatic rings. The predicted octanol–water partition coefficient (Wildman–Crippen LogP) is 0.976. The smallest absolute Gasteiger partial charge is 0.277 e. The summed E-state index contributed by atoms with van der Waals surface area (Å²) in [4.78, 5) is 28.0. The minimum Gasteiger partial charge on any atom is -0.321 e. The van der Waals surface area contributed by atoms with Crippen LogP contribution in [0.4, 0.5) is 5.69 Å². The van der Waals surface area contributed by atoms with Gasteiger partial charge in [0.05, 0.1) is 5.39 Å². The van der Waals surface area contributed by atoms with Gasteiger partial charge in [-0.25, -0.2) is 4.68 Å². The number of amides is 1. The molecule has 1 aromatic carbocycles. The normalized spacial score (nSPS) is 10.5. The second-order valence-corrected chi connectivity index (χ2v) is 4.42. The maximum absolute atomic E-state index is 12.0. The lowest BCUT2D eigenvalue weighted by Gasteiger charge is -2.05. The SMILES string of the molecule is Cn1nnc2ccc(NC(=O)c3ccccn3)cc2c1=O. The van der Waals surface area contributed by atoms with Crippen LogP contribution < -0.4 is 10.9 Å². The summed E-state index contributed by atoms with van der Waals surface area (Å²) in [6, 6.07) is 9.95. The average Bonchev–Trinajstić information content (AvgIpc) is 2.52. The number of fused-ring (bicyclic) bond motifs is 1. The van der Waals surface area contributed by atoms with Crippen molar-refractivity contribution in [2.75, 3.05) is 5.32 Å². The Morgan fingerprint density at radius 2 is 2.10 bits per heavy atom. The van der Waals surface area contributed by atoms with Crippen molar-refractivity contribution >= 4 is 22.5 Å². The van der Waals surface area contributed by atoms with Gasteiger partial charge in [0.1, 0.15) is 11.2 Å². The zero-order valence-corrected chi connectivity index (χ0v) is 11.1. The van der Waals surface area contributed by atoms with Crippen LogP contribution in [0.25, 0.3) is 10.9 Å². The summed E-state index contributed by atoms with van der Waals surface area (Å²) in [5.41, 5.74) is 1.02. The van der Waals surface area contributed by atoms with E-state index in [0.29, 0.717) is 22.3 Å². The summed E-state index contributed by atoms with van der Waals surface area (Å²) in [5, 5.41) is 10.7. The number of carbonyl (C=O) groups is 1. The molecule has 2 heterocycles. The lowest BCUT2D eigenvalue weighted by molar-refractivity contribution is 0.102. The third kappa shape index (κ3) is 2.48. The molecule has 0 aliphatic heterocycles. The van der Waals surface area contributed by atoms with Gasteiger partial charge in [-0.05, 0) is 30.3 Å². The number of aryl methyl sites for hydroxylation is 1. The molecule has 0 fully saturated rings. The molecule has 21 heavy (non-hydrogen) atoms. The Morgan fingerprint density at radius 3 is 2.86 bits per heavy atom. The van der Waals surface area contributed by atoms with Crippen molar-refractivity contribution in [3.63, 3.8) is 0 Å². The number of carbonyl (C=O) groups excluding carboxylic acids is 1. The highest BCUT2D eigenvalue weighted by Gasteiger charge is 2.09. The van der Waals surface area contributed by atoms with E-state index >= 15 is 0 Å². The van der Waals surface area contributed by atoms with Crippen LogP contribution in [-0.4, -0.2) is 25.9 Å². The molecule has 0 bridgehead atoms. The highest BCUT2D eigenvalue weighted by atomic mass is 16.2. The monoisotopic (exact) mass is 281 g/mol. The number of rotatable bonds is 2. The number of pyridine rings is 1. The van der Waals surface area contributed by atoms with Crippen LogP contribution >= 0.6 is 0 Å². The highest BCUT2D eigenvalue weighted by molar-refractivity contribution is 6.03. The molecule has 2 aromatic heterocycles. The molecule has 3 rings (SSSR count). The summed E-state index contributed by atoms with van der Waals surface area (Å²) in [6.45, 7) is 0. The van der Waals surface area contributed by atoms with Gasteiger partial charge in [-0.3, -0.25) is 14.6 Å². The van der Waals surface area contributed by atoms with Gasteiger partial charge in [0.25, 0.3) is 11.5 Å². The number of nitrogens with one attached hydrogen (secondary N) is 1. The van der Waals surface area contributed by atoms with E-state index in [-0.39, 0.29) is 11.5 Å². The molecular formula is C14H11N5O2. The van der Waals surface area contributed by atoms with Gasteiger partial charge >= 0.3 is 0 Å². The minimum absolute atomic E-state index is 0.270. The predicted molar refractivity (Wildman–Crippen MR) is 77.0 cm³/mol. The summed E-state index contributed by atoms with van der Waals surface area (Å²) in [7, 11) is 1.52. The Hall–Kier alpha value is -3.09. The topological polar surface area (TPSA) is 89.8 Å². The first-order chi connectivity index (χ1) is 10.1. The van der Waals surface area contributed by atoms with E-state index in [4.69, 9.17) is 0 Å². The molecule has 0 aliphatic carbocycles. The van der Waals surface area contributed by atoms with Crippen molar-refractivity contribution in [3.8, 4) is 0 Å². The molecule has 1 amide bonds. The lowest BCUT2D eigenvalue weighted by atomic mass is 10.2. The van der Waals surface area contributed by atoms with Gasteiger partial charge in [-0.1, -0.05) is 11.3 Å². The summed E-state index contributed by atoms with van der Waals surface area (Å²) in [6.07, 6.45) is 1.54. The Labute approximate surface area is 119 Å². The fraction of sp³-hybridized carbons (Fsp3) is 0.0714. The molecule has 0 saturated heterocycles. The zero-order chi connectivity index (χ0) is 14.8. The van der Waals surface area contributed by atoms with E-state index in [1.807, 2.05) is 0 Å². The van der Waals surface area contributed by atoms with Crippen molar-refractivity contribution in [1.29, 1.82) is 0 Å². The molecule has 0 radical (unpaired) electrons. The van der Waals surface area contributed by atoms with E-state index in [2.05, 4.69) is 20.6 Å². The van der Waals surface area contributed by atoms with Crippen LogP contribution in [0.5, 0.6) is 0 Å². The number of hydrogen-bond donors (Lipinski definition) is 1. The minimum atomic E-state index is -0.339. The molecule has 1 N–H and O–H groups in total. The van der Waals surface area contributed by atoms with Crippen molar-refractivity contribution < 1.29 is 4.79 Å². The van der Waals surface area contributed by atoms with Crippen LogP contribution in [0.1, 0.15) is 10.5 Å². The first-order valence-electron chi connectivity index (χ1n) is 6.21. The fourth-order valence-electron chi connectivity index (χ4n) is 1.89. The van der Waals surface area contributed by atoms with Crippen molar-refractivity contribution in [1.82, 2.24) is 20.0 Å². The van der Waals surface area contributed by atoms with E-state index in [9.17, 15) is 9.59 Å². The first kappa shape index (κ1) is 12.9. The number of aromatic nitrogens is 4. The quantitative estimate of drug-likeness (QED) is 0.756. The van der Waals surface area contributed by atoms with Gasteiger partial charge in [0, 0.05) is 18.9 Å². The summed E-state index contributed by atoms with van der Waals surface area (Å²) in [5.74, 6) is -0.339. The molecule has 0 atom stereocenters. The molecule has 0 saturated carbocycles. The van der Waals surface area contributed by atoms with Crippen LogP contribution in [0, 0.1) is 0 Å². The zero-order valence-electron chi connectivity index (χ0n) is 11.1. The van der Waals surface area contributed by atoms with Crippen molar-refractivity contribution in [2.24, 2.45) is 7.05 Å². The van der Waals surface area contributed by atoms with Gasteiger partial charge in [-0.2, -0.15) is 0 Å². The van der Waals surface area contributed by atoms with Gasteiger partial charge in [-0.15, -0.1) is 5.10 Å². The summed E-state index contributed by atoms with van der Waals surface area (Å²) < 4.78 is 1.15. The highest BCUT2D eigenvalue weighted by Crippen LogP contribution is 2.14. The van der Waals surface area contributed by atoms with Gasteiger partial charge in [0.2, 0.25) is 0 Å². The molecule has 3 aromatic rings. The van der Waals surface area contributed by atoms with Crippen LogP contribution in [0.15, 0.2) is 47.4 Å².